The van der Waals surface area contributed by atoms with Crippen molar-refractivity contribution in [3.63, 3.8) is 0 Å². The number of hydrogen-bond acceptors (Lipinski definition) is 9. The maximum absolute atomic E-state index is 12.5. The van der Waals surface area contributed by atoms with Crippen molar-refractivity contribution in [3.8, 4) is 28.7 Å². The van der Waals surface area contributed by atoms with Gasteiger partial charge in [0.25, 0.3) is 5.89 Å². The number of alkyl halides is 2. The molecular formula is C21H17F2N5O5. The van der Waals surface area contributed by atoms with E-state index in [9.17, 15) is 13.6 Å². The molecule has 1 aromatic carbocycles. The molecule has 0 spiro atoms. The Hall–Kier alpha value is -4.35. The van der Waals surface area contributed by atoms with Gasteiger partial charge < -0.3 is 18.7 Å². The summed E-state index contributed by atoms with van der Waals surface area (Å²) in [6, 6.07) is 9.54. The molecule has 4 aromatic rings. The highest BCUT2D eigenvalue weighted by atomic mass is 19.3. The fourth-order valence-corrected chi connectivity index (χ4v) is 2.96. The monoisotopic (exact) mass is 457 g/mol. The van der Waals surface area contributed by atoms with E-state index in [1.165, 1.54) is 36.2 Å². The first-order chi connectivity index (χ1) is 16.0. The number of hydrogen-bond donors (Lipinski definition) is 0. The molecule has 0 fully saturated rings. The minimum absolute atomic E-state index is 0.0417. The summed E-state index contributed by atoms with van der Waals surface area (Å²) in [5.74, 6) is 0.0872. The Morgan fingerprint density at radius 1 is 1.21 bits per heavy atom. The lowest BCUT2D eigenvalue weighted by molar-refractivity contribution is -0.0512. The summed E-state index contributed by atoms with van der Waals surface area (Å²) in [5.41, 5.74) is 1.25. The highest BCUT2D eigenvalue weighted by Gasteiger charge is 2.19. The topological polar surface area (TPSA) is 114 Å². The molecule has 4 rings (SSSR count). The van der Waals surface area contributed by atoms with Gasteiger partial charge in [0.05, 0.1) is 19.0 Å². The number of rotatable bonds is 8. The average Bonchev–Trinajstić information content (AvgIpc) is 3.45. The highest BCUT2D eigenvalue weighted by Crippen LogP contribution is 2.32. The predicted octanol–water partition coefficient (Wildman–Crippen LogP) is 3.59. The maximum atomic E-state index is 12.5. The van der Waals surface area contributed by atoms with Crippen LogP contribution >= 0.6 is 0 Å². The summed E-state index contributed by atoms with van der Waals surface area (Å²) in [6.45, 7) is -1.54. The minimum atomic E-state index is -2.99. The van der Waals surface area contributed by atoms with E-state index in [2.05, 4.69) is 25.0 Å². The molecule has 3 heterocycles. The van der Waals surface area contributed by atoms with Crippen molar-refractivity contribution < 1.29 is 32.3 Å². The average molecular weight is 457 g/mol. The van der Waals surface area contributed by atoms with Gasteiger partial charge in [-0.3, -0.25) is 0 Å². The number of pyridine rings is 1. The smallest absolute Gasteiger partial charge is 0.387 e. The van der Waals surface area contributed by atoms with Crippen LogP contribution in [0.4, 0.5) is 8.78 Å². The zero-order valence-corrected chi connectivity index (χ0v) is 17.4. The molecule has 0 saturated heterocycles. The summed E-state index contributed by atoms with van der Waals surface area (Å²) >= 11 is 0. The Bertz CT molecular complexity index is 1260. The van der Waals surface area contributed by atoms with Crippen LogP contribution in [0.3, 0.4) is 0 Å². The van der Waals surface area contributed by atoms with Crippen molar-refractivity contribution in [2.24, 2.45) is 0 Å². The fourth-order valence-electron chi connectivity index (χ4n) is 2.96. The van der Waals surface area contributed by atoms with Crippen LogP contribution in [0, 0.1) is 6.92 Å². The third-order valence-corrected chi connectivity index (χ3v) is 4.53. The van der Waals surface area contributed by atoms with Crippen LogP contribution in [0.2, 0.25) is 0 Å². The van der Waals surface area contributed by atoms with Crippen LogP contribution in [-0.2, 0) is 11.3 Å². The fraction of sp³-hybridized carbons (Fsp3) is 0.190. The summed E-state index contributed by atoms with van der Waals surface area (Å²) in [7, 11) is 1.32. The van der Waals surface area contributed by atoms with E-state index < -0.39 is 12.6 Å². The molecule has 0 N–H and O–H groups in total. The minimum Gasteiger partial charge on any atom is -0.493 e. The first-order valence-corrected chi connectivity index (χ1v) is 9.55. The first-order valence-electron chi connectivity index (χ1n) is 9.55. The van der Waals surface area contributed by atoms with Crippen molar-refractivity contribution in [2.45, 2.75) is 20.1 Å². The maximum Gasteiger partial charge on any atom is 0.387 e. The quantitative estimate of drug-likeness (QED) is 0.366. The second kappa shape index (κ2) is 9.42. The van der Waals surface area contributed by atoms with Gasteiger partial charge in [0, 0.05) is 11.8 Å². The second-order valence-electron chi connectivity index (χ2n) is 6.58. The molecule has 10 nitrogen and oxygen atoms in total. The van der Waals surface area contributed by atoms with Crippen LogP contribution in [0.25, 0.3) is 17.2 Å². The summed E-state index contributed by atoms with van der Waals surface area (Å²) in [4.78, 5) is 20.8. The zero-order valence-electron chi connectivity index (χ0n) is 17.4. The van der Waals surface area contributed by atoms with Crippen molar-refractivity contribution in [2.75, 3.05) is 7.11 Å². The van der Waals surface area contributed by atoms with Crippen molar-refractivity contribution in [1.29, 1.82) is 0 Å². The van der Waals surface area contributed by atoms with Crippen molar-refractivity contribution in [3.05, 3.63) is 65.9 Å². The molecule has 0 bridgehead atoms. The molecule has 0 unspecified atom stereocenters. The molecule has 170 valence electrons. The Kier molecular flexibility index (Phi) is 6.24. The van der Waals surface area contributed by atoms with E-state index in [-0.39, 0.29) is 35.4 Å². The molecule has 33 heavy (non-hydrogen) atoms. The Labute approximate surface area is 185 Å². The lowest BCUT2D eigenvalue weighted by atomic mass is 10.2. The summed E-state index contributed by atoms with van der Waals surface area (Å²) in [5, 5.41) is 8.00. The lowest BCUT2D eigenvalue weighted by Gasteiger charge is -2.10. The third kappa shape index (κ3) is 4.79. The van der Waals surface area contributed by atoms with E-state index >= 15 is 0 Å². The third-order valence-electron chi connectivity index (χ3n) is 4.53. The molecule has 0 amide bonds. The van der Waals surface area contributed by atoms with E-state index in [0.717, 1.165) is 0 Å². The van der Waals surface area contributed by atoms with Crippen LogP contribution in [0.1, 0.15) is 21.9 Å². The number of carbonyl (C=O) groups excluding carboxylic acids is 1. The Morgan fingerprint density at radius 3 is 2.79 bits per heavy atom. The van der Waals surface area contributed by atoms with E-state index in [1.54, 1.807) is 25.3 Å². The SMILES string of the molecule is COc1cc(-c2noc(COC(=O)c3cnn(-c4ccccn4)c3C)n2)ccc1OC(F)F. The molecule has 0 radical (unpaired) electrons. The molecule has 0 saturated carbocycles. The Morgan fingerprint density at radius 2 is 2.06 bits per heavy atom. The van der Waals surface area contributed by atoms with Crippen molar-refractivity contribution in [1.82, 2.24) is 24.9 Å². The normalized spacial score (nSPS) is 10.9. The molecule has 0 aliphatic rings. The number of nitrogens with zero attached hydrogens (tertiary/aromatic N) is 5. The molecular weight excluding hydrogens is 440 g/mol. The molecule has 0 atom stereocenters. The van der Waals surface area contributed by atoms with E-state index in [0.29, 0.717) is 17.1 Å². The van der Waals surface area contributed by atoms with Crippen LogP contribution in [-0.4, -0.2) is 44.6 Å². The first kappa shape index (κ1) is 21.9. The highest BCUT2D eigenvalue weighted by molar-refractivity contribution is 5.90. The lowest BCUT2D eigenvalue weighted by Crippen LogP contribution is -2.08. The molecule has 0 aliphatic heterocycles. The number of benzene rings is 1. The largest absolute Gasteiger partial charge is 0.493 e. The van der Waals surface area contributed by atoms with Gasteiger partial charge in [-0.25, -0.2) is 14.5 Å². The number of halogens is 2. The summed E-state index contributed by atoms with van der Waals surface area (Å²) < 4.78 is 46.3. The molecule has 3 aromatic heterocycles. The van der Waals surface area contributed by atoms with Crippen LogP contribution < -0.4 is 9.47 Å². The van der Waals surface area contributed by atoms with Gasteiger partial charge in [0.1, 0.15) is 5.56 Å². The standard InChI is InChI=1S/C21H17F2N5O5/c1-12-14(10-25-28(12)17-5-3-4-8-24-17)20(29)31-11-18-26-19(27-33-18)13-6-7-15(32-21(22)23)16(9-13)30-2/h3-10,21H,11H2,1-2H3. The zero-order chi connectivity index (χ0) is 23.4. The van der Waals surface area contributed by atoms with Gasteiger partial charge in [-0.15, -0.1) is 0 Å². The molecule has 12 heteroatoms. The van der Waals surface area contributed by atoms with E-state index in [4.69, 9.17) is 14.0 Å². The van der Waals surface area contributed by atoms with Gasteiger partial charge in [-0.2, -0.15) is 18.9 Å². The van der Waals surface area contributed by atoms with Crippen molar-refractivity contribution >= 4 is 5.97 Å². The number of esters is 1. The van der Waals surface area contributed by atoms with Gasteiger partial charge in [0.15, 0.2) is 23.9 Å². The van der Waals surface area contributed by atoms with Gasteiger partial charge in [-0.1, -0.05) is 11.2 Å². The number of ether oxygens (including phenoxy) is 3. The van der Waals surface area contributed by atoms with Gasteiger partial charge in [0.2, 0.25) is 5.82 Å². The number of carbonyl (C=O) groups is 1. The van der Waals surface area contributed by atoms with Gasteiger partial charge >= 0.3 is 12.6 Å². The van der Waals surface area contributed by atoms with Crippen LogP contribution in [0.5, 0.6) is 11.5 Å². The van der Waals surface area contributed by atoms with Gasteiger partial charge in [-0.05, 0) is 37.3 Å². The Balaban J connectivity index is 1.44. The number of methoxy groups -OCH3 is 1. The second-order valence-corrected chi connectivity index (χ2v) is 6.58. The number of aromatic nitrogens is 5. The molecule has 0 aliphatic carbocycles. The summed E-state index contributed by atoms with van der Waals surface area (Å²) in [6.07, 6.45) is 3.01. The van der Waals surface area contributed by atoms with Crippen LogP contribution in [0.15, 0.2) is 53.3 Å². The predicted molar refractivity (Wildman–Crippen MR) is 108 cm³/mol. The van der Waals surface area contributed by atoms with E-state index in [1.807, 2.05) is 6.07 Å².